The van der Waals surface area contributed by atoms with Gasteiger partial charge in [0, 0.05) is 19.2 Å². The Morgan fingerprint density at radius 2 is 2.35 bits per heavy atom. The van der Waals surface area contributed by atoms with Crippen LogP contribution in [-0.4, -0.2) is 30.2 Å². The predicted octanol–water partition coefficient (Wildman–Crippen LogP) is 2.20. The van der Waals surface area contributed by atoms with Crippen LogP contribution in [0, 0.1) is 17.0 Å². The molecule has 1 saturated heterocycles. The molecule has 20 heavy (non-hydrogen) atoms. The van der Waals surface area contributed by atoms with Gasteiger partial charge in [0.25, 0.3) is 5.69 Å². The Bertz CT molecular complexity index is 512. The van der Waals surface area contributed by atoms with E-state index in [1.54, 1.807) is 19.1 Å². The summed E-state index contributed by atoms with van der Waals surface area (Å²) >= 11 is 0. The van der Waals surface area contributed by atoms with E-state index in [1.807, 2.05) is 0 Å². The molecule has 1 aromatic rings. The van der Waals surface area contributed by atoms with Gasteiger partial charge in [-0.15, -0.1) is 0 Å². The number of nitro groups is 1. The predicted molar refractivity (Wildman–Crippen MR) is 73.8 cm³/mol. The van der Waals surface area contributed by atoms with Gasteiger partial charge in [-0.1, -0.05) is 6.07 Å². The number of carbonyl (C=O) groups excluding carboxylic acids is 1. The van der Waals surface area contributed by atoms with Crippen LogP contribution >= 0.6 is 0 Å². The van der Waals surface area contributed by atoms with E-state index < -0.39 is 4.92 Å². The maximum atomic E-state index is 11.8. The number of nitro benzene ring substituents is 1. The van der Waals surface area contributed by atoms with Gasteiger partial charge in [0.15, 0.2) is 0 Å². The van der Waals surface area contributed by atoms with Crippen molar-refractivity contribution < 1.29 is 14.5 Å². The number of hydrogen-bond donors (Lipinski definition) is 2. The summed E-state index contributed by atoms with van der Waals surface area (Å²) < 4.78 is 5.40. The third-order valence-electron chi connectivity index (χ3n) is 3.26. The number of benzene rings is 1. The van der Waals surface area contributed by atoms with Crippen molar-refractivity contribution in [1.82, 2.24) is 5.32 Å². The average molecular weight is 279 g/mol. The van der Waals surface area contributed by atoms with Crippen molar-refractivity contribution in [1.29, 1.82) is 0 Å². The van der Waals surface area contributed by atoms with Gasteiger partial charge in [-0.25, -0.2) is 4.79 Å². The van der Waals surface area contributed by atoms with E-state index >= 15 is 0 Å². The summed E-state index contributed by atoms with van der Waals surface area (Å²) in [4.78, 5) is 22.1. The van der Waals surface area contributed by atoms with Crippen molar-refractivity contribution in [2.45, 2.75) is 25.9 Å². The average Bonchev–Trinajstić information content (AvgIpc) is 2.91. The maximum absolute atomic E-state index is 11.8. The second kappa shape index (κ2) is 6.33. The maximum Gasteiger partial charge on any atom is 0.319 e. The van der Waals surface area contributed by atoms with Crippen molar-refractivity contribution in [3.05, 3.63) is 33.9 Å². The molecule has 0 saturated carbocycles. The Hall–Kier alpha value is -2.15. The van der Waals surface area contributed by atoms with E-state index in [9.17, 15) is 14.9 Å². The highest BCUT2D eigenvalue weighted by atomic mass is 16.6. The zero-order valence-electron chi connectivity index (χ0n) is 11.2. The molecule has 1 atom stereocenters. The number of nitrogens with zero attached hydrogens (tertiary/aromatic N) is 1. The van der Waals surface area contributed by atoms with Crippen LogP contribution in [0.1, 0.15) is 18.4 Å². The first-order valence-electron chi connectivity index (χ1n) is 6.48. The SMILES string of the molecule is Cc1c(NC(=O)NC[C@H]2CCCO2)cccc1[N+](=O)[O-]. The Kier molecular flexibility index (Phi) is 4.52. The summed E-state index contributed by atoms with van der Waals surface area (Å²) in [7, 11) is 0. The number of amides is 2. The van der Waals surface area contributed by atoms with Gasteiger partial charge in [-0.2, -0.15) is 0 Å². The number of anilines is 1. The Morgan fingerprint density at radius 1 is 1.55 bits per heavy atom. The molecule has 1 fully saturated rings. The Morgan fingerprint density at radius 3 is 3.00 bits per heavy atom. The molecule has 2 N–H and O–H groups in total. The highest BCUT2D eigenvalue weighted by Crippen LogP contribution is 2.24. The second-order valence-corrected chi connectivity index (χ2v) is 4.68. The lowest BCUT2D eigenvalue weighted by molar-refractivity contribution is -0.385. The van der Waals surface area contributed by atoms with E-state index in [1.165, 1.54) is 6.07 Å². The van der Waals surface area contributed by atoms with Gasteiger partial charge >= 0.3 is 6.03 Å². The van der Waals surface area contributed by atoms with Crippen LogP contribution in [0.3, 0.4) is 0 Å². The first kappa shape index (κ1) is 14.3. The largest absolute Gasteiger partial charge is 0.376 e. The van der Waals surface area contributed by atoms with Crippen molar-refractivity contribution in [3.63, 3.8) is 0 Å². The summed E-state index contributed by atoms with van der Waals surface area (Å²) in [6.07, 6.45) is 2.01. The molecule has 7 heteroatoms. The normalized spacial score (nSPS) is 17.8. The molecule has 7 nitrogen and oxygen atoms in total. The molecular weight excluding hydrogens is 262 g/mol. The second-order valence-electron chi connectivity index (χ2n) is 4.68. The molecule has 2 amide bonds. The van der Waals surface area contributed by atoms with Crippen LogP contribution in [-0.2, 0) is 4.74 Å². The molecule has 1 aliphatic rings. The number of ether oxygens (including phenoxy) is 1. The van der Waals surface area contributed by atoms with Crippen LogP contribution in [0.4, 0.5) is 16.2 Å². The van der Waals surface area contributed by atoms with Gasteiger partial charge in [-0.05, 0) is 25.8 Å². The third-order valence-corrected chi connectivity index (χ3v) is 3.26. The molecule has 1 aromatic carbocycles. The summed E-state index contributed by atoms with van der Waals surface area (Å²) in [5.74, 6) is 0. The molecule has 0 aromatic heterocycles. The summed E-state index contributed by atoms with van der Waals surface area (Å²) in [5, 5.41) is 16.1. The molecule has 0 aliphatic carbocycles. The fourth-order valence-corrected chi connectivity index (χ4v) is 2.14. The van der Waals surface area contributed by atoms with Crippen molar-refractivity contribution in [3.8, 4) is 0 Å². The lowest BCUT2D eigenvalue weighted by Gasteiger charge is -2.12. The molecular formula is C13H17N3O4. The lowest BCUT2D eigenvalue weighted by atomic mass is 10.1. The molecule has 1 aliphatic heterocycles. The quantitative estimate of drug-likeness (QED) is 0.652. The topological polar surface area (TPSA) is 93.5 Å². The minimum Gasteiger partial charge on any atom is -0.376 e. The number of urea groups is 1. The van der Waals surface area contributed by atoms with E-state index in [4.69, 9.17) is 4.74 Å². The summed E-state index contributed by atoms with van der Waals surface area (Å²) in [6.45, 7) is 2.78. The number of rotatable bonds is 4. The summed E-state index contributed by atoms with van der Waals surface area (Å²) in [6, 6.07) is 4.20. The minimum atomic E-state index is -0.467. The third kappa shape index (κ3) is 3.45. The molecule has 2 rings (SSSR count). The van der Waals surface area contributed by atoms with Crippen LogP contribution < -0.4 is 10.6 Å². The van der Waals surface area contributed by atoms with Crippen LogP contribution in [0.5, 0.6) is 0 Å². The molecule has 0 unspecified atom stereocenters. The highest BCUT2D eigenvalue weighted by Gasteiger charge is 2.17. The van der Waals surface area contributed by atoms with Gasteiger partial charge in [0.1, 0.15) is 0 Å². The van der Waals surface area contributed by atoms with E-state index in [2.05, 4.69) is 10.6 Å². The minimum absolute atomic E-state index is 0.0121. The Labute approximate surface area is 116 Å². The zero-order chi connectivity index (χ0) is 14.5. The molecule has 0 spiro atoms. The standard InChI is InChI=1S/C13H17N3O4/c1-9-11(5-2-6-12(9)16(18)19)15-13(17)14-8-10-4-3-7-20-10/h2,5-6,10H,3-4,7-8H2,1H3,(H2,14,15,17)/t10-/m1/s1. The van der Waals surface area contributed by atoms with E-state index in [0.717, 1.165) is 19.4 Å². The molecule has 108 valence electrons. The van der Waals surface area contributed by atoms with Gasteiger partial charge in [0.05, 0.1) is 22.3 Å². The first-order chi connectivity index (χ1) is 9.58. The highest BCUT2D eigenvalue weighted by molar-refractivity contribution is 5.90. The van der Waals surface area contributed by atoms with Crippen molar-refractivity contribution in [2.24, 2.45) is 0 Å². The smallest absolute Gasteiger partial charge is 0.319 e. The van der Waals surface area contributed by atoms with Gasteiger partial charge in [0.2, 0.25) is 0 Å². The van der Waals surface area contributed by atoms with Crippen LogP contribution in [0.15, 0.2) is 18.2 Å². The van der Waals surface area contributed by atoms with E-state index in [-0.39, 0.29) is 17.8 Å². The van der Waals surface area contributed by atoms with E-state index in [0.29, 0.717) is 17.8 Å². The van der Waals surface area contributed by atoms with Crippen molar-refractivity contribution >= 4 is 17.4 Å². The van der Waals surface area contributed by atoms with Crippen LogP contribution in [0.25, 0.3) is 0 Å². The van der Waals surface area contributed by atoms with Crippen LogP contribution in [0.2, 0.25) is 0 Å². The molecule has 1 heterocycles. The fourth-order valence-electron chi connectivity index (χ4n) is 2.14. The van der Waals surface area contributed by atoms with Crippen molar-refractivity contribution in [2.75, 3.05) is 18.5 Å². The van der Waals surface area contributed by atoms with Gasteiger partial charge < -0.3 is 15.4 Å². The Balaban J connectivity index is 1.93. The number of hydrogen-bond acceptors (Lipinski definition) is 4. The number of carbonyl (C=O) groups is 1. The lowest BCUT2D eigenvalue weighted by Crippen LogP contribution is -2.35. The molecule has 0 radical (unpaired) electrons. The monoisotopic (exact) mass is 279 g/mol. The van der Waals surface area contributed by atoms with Gasteiger partial charge in [-0.3, -0.25) is 10.1 Å². The summed E-state index contributed by atoms with van der Waals surface area (Å²) in [5.41, 5.74) is 0.857. The first-order valence-corrected chi connectivity index (χ1v) is 6.48. The zero-order valence-corrected chi connectivity index (χ0v) is 11.2. The molecule has 0 bridgehead atoms. The fraction of sp³-hybridized carbons (Fsp3) is 0.462. The number of nitrogens with one attached hydrogen (secondary N) is 2.